The maximum Gasteiger partial charge on any atom is 0.250 e. The number of benzene rings is 3. The Morgan fingerprint density at radius 1 is 1.00 bits per heavy atom. The molecule has 11 heteroatoms. The summed E-state index contributed by atoms with van der Waals surface area (Å²) >= 11 is 1.24. The van der Waals surface area contributed by atoms with Crippen LogP contribution in [0.2, 0.25) is 0 Å². The van der Waals surface area contributed by atoms with E-state index >= 15 is 0 Å². The summed E-state index contributed by atoms with van der Waals surface area (Å²) in [5.41, 5.74) is 5.95. The minimum atomic E-state index is -0.326. The molecule has 0 saturated carbocycles. The Bertz CT molecular complexity index is 1410. The Labute approximate surface area is 224 Å². The Balaban J connectivity index is 1.50. The van der Waals surface area contributed by atoms with Crippen molar-refractivity contribution in [2.45, 2.75) is 12.1 Å². The van der Waals surface area contributed by atoms with E-state index in [2.05, 4.69) is 20.7 Å². The number of hydrogen-bond donors (Lipinski definition) is 2. The Kier molecular flexibility index (Phi) is 8.49. The molecule has 0 radical (unpaired) electrons. The Morgan fingerprint density at radius 2 is 1.66 bits per heavy atom. The van der Waals surface area contributed by atoms with Gasteiger partial charge in [0.1, 0.15) is 5.75 Å². The molecule has 0 aliphatic heterocycles. The second kappa shape index (κ2) is 12.2. The van der Waals surface area contributed by atoms with E-state index in [1.54, 1.807) is 19.2 Å². The minimum absolute atomic E-state index is 0.0617. The molecule has 4 rings (SSSR count). The SMILES string of the molecule is COc1ccc(-c2nnc(SCC(=O)N/N=C\c3cc(OC)c(O)c(OC)c3)n2-c2ccc(C)cc2)cc1. The highest BCUT2D eigenvalue weighted by molar-refractivity contribution is 7.99. The number of ether oxygens (including phenoxy) is 3. The zero-order chi connectivity index (χ0) is 27.1. The zero-order valence-electron chi connectivity index (χ0n) is 21.3. The molecule has 0 aliphatic carbocycles. The fraction of sp³-hybridized carbons (Fsp3) is 0.185. The molecule has 0 bridgehead atoms. The van der Waals surface area contributed by atoms with Gasteiger partial charge in [-0.05, 0) is 55.5 Å². The van der Waals surface area contributed by atoms with Gasteiger partial charge in [-0.2, -0.15) is 5.10 Å². The number of aromatic nitrogens is 3. The molecule has 0 saturated heterocycles. The monoisotopic (exact) mass is 533 g/mol. The normalized spacial score (nSPS) is 10.9. The highest BCUT2D eigenvalue weighted by Crippen LogP contribution is 2.36. The molecule has 10 nitrogen and oxygen atoms in total. The minimum Gasteiger partial charge on any atom is -0.502 e. The van der Waals surface area contributed by atoms with E-state index < -0.39 is 0 Å². The highest BCUT2D eigenvalue weighted by atomic mass is 32.2. The van der Waals surface area contributed by atoms with Crippen LogP contribution in [0.25, 0.3) is 17.1 Å². The van der Waals surface area contributed by atoms with Gasteiger partial charge in [0.25, 0.3) is 5.91 Å². The van der Waals surface area contributed by atoms with E-state index in [-0.39, 0.29) is 28.9 Å². The van der Waals surface area contributed by atoms with Gasteiger partial charge in [0.05, 0.1) is 33.3 Å². The Hall–Kier alpha value is -4.51. The van der Waals surface area contributed by atoms with Crippen molar-refractivity contribution in [3.8, 4) is 40.1 Å². The number of hydrazone groups is 1. The summed E-state index contributed by atoms with van der Waals surface area (Å²) in [4.78, 5) is 12.5. The number of methoxy groups -OCH3 is 3. The number of amides is 1. The van der Waals surface area contributed by atoms with Crippen LogP contribution in [-0.2, 0) is 4.79 Å². The lowest BCUT2D eigenvalue weighted by Gasteiger charge is -2.11. The average Bonchev–Trinajstić information content (AvgIpc) is 3.37. The van der Waals surface area contributed by atoms with E-state index in [4.69, 9.17) is 14.2 Å². The predicted molar refractivity (Wildman–Crippen MR) is 146 cm³/mol. The molecule has 38 heavy (non-hydrogen) atoms. The largest absolute Gasteiger partial charge is 0.502 e. The number of thioether (sulfide) groups is 1. The lowest BCUT2D eigenvalue weighted by atomic mass is 10.2. The number of aryl methyl sites for hydroxylation is 1. The predicted octanol–water partition coefficient (Wildman–Crippen LogP) is 4.22. The molecule has 4 aromatic rings. The van der Waals surface area contributed by atoms with Crippen molar-refractivity contribution in [2.75, 3.05) is 27.1 Å². The van der Waals surface area contributed by atoms with Crippen LogP contribution in [0, 0.1) is 6.92 Å². The number of aromatic hydroxyl groups is 1. The highest BCUT2D eigenvalue weighted by Gasteiger charge is 2.17. The molecular formula is C27H27N5O5S. The second-order valence-corrected chi connectivity index (χ2v) is 9.00. The third kappa shape index (κ3) is 6.06. The van der Waals surface area contributed by atoms with Gasteiger partial charge in [0.2, 0.25) is 5.75 Å². The van der Waals surface area contributed by atoms with Crippen LogP contribution in [0.3, 0.4) is 0 Å². The third-order valence-electron chi connectivity index (χ3n) is 5.51. The van der Waals surface area contributed by atoms with E-state index in [1.165, 1.54) is 32.2 Å². The van der Waals surface area contributed by atoms with Gasteiger partial charge in [-0.25, -0.2) is 5.43 Å². The van der Waals surface area contributed by atoms with Gasteiger partial charge in [-0.15, -0.1) is 10.2 Å². The summed E-state index contributed by atoms with van der Waals surface area (Å²) in [7, 11) is 4.49. The van der Waals surface area contributed by atoms with Crippen LogP contribution < -0.4 is 19.6 Å². The standard InChI is InChI=1S/C27H27N5O5S/c1-17-5-9-20(10-6-17)32-26(19-7-11-21(35-2)12-8-19)30-31-27(32)38-16-24(33)29-28-15-18-13-22(36-3)25(34)23(14-18)37-4/h5-15,34H,16H2,1-4H3,(H,29,33)/b28-15-. The topological polar surface area (TPSA) is 120 Å². The van der Waals surface area contributed by atoms with Crippen molar-refractivity contribution in [1.29, 1.82) is 0 Å². The van der Waals surface area contributed by atoms with Crippen LogP contribution in [0.15, 0.2) is 70.9 Å². The molecule has 1 heterocycles. The number of nitrogens with one attached hydrogen (secondary N) is 1. The smallest absolute Gasteiger partial charge is 0.250 e. The van der Waals surface area contributed by atoms with E-state index in [9.17, 15) is 9.90 Å². The molecule has 0 atom stereocenters. The second-order valence-electron chi connectivity index (χ2n) is 8.06. The number of hydrogen-bond acceptors (Lipinski definition) is 9. The summed E-state index contributed by atoms with van der Waals surface area (Å²) in [5.74, 6) is 1.48. The van der Waals surface area contributed by atoms with Crippen LogP contribution >= 0.6 is 11.8 Å². The molecule has 1 amide bonds. The molecule has 0 fully saturated rings. The van der Waals surface area contributed by atoms with Crippen molar-refractivity contribution in [3.63, 3.8) is 0 Å². The molecule has 0 unspecified atom stereocenters. The van der Waals surface area contributed by atoms with Crippen LogP contribution in [-0.4, -0.2) is 59.1 Å². The van der Waals surface area contributed by atoms with Crippen molar-refractivity contribution in [3.05, 3.63) is 71.8 Å². The maximum atomic E-state index is 12.5. The third-order valence-corrected chi connectivity index (χ3v) is 6.44. The van der Waals surface area contributed by atoms with Gasteiger partial charge >= 0.3 is 0 Å². The van der Waals surface area contributed by atoms with Crippen molar-refractivity contribution < 1.29 is 24.1 Å². The average molecular weight is 534 g/mol. The summed E-state index contributed by atoms with van der Waals surface area (Å²) < 4.78 is 17.5. The van der Waals surface area contributed by atoms with Gasteiger partial charge in [-0.1, -0.05) is 29.5 Å². The van der Waals surface area contributed by atoms with Gasteiger partial charge in [0, 0.05) is 16.8 Å². The molecule has 2 N–H and O–H groups in total. The van der Waals surface area contributed by atoms with E-state index in [0.29, 0.717) is 16.5 Å². The van der Waals surface area contributed by atoms with E-state index in [1.807, 2.05) is 60.0 Å². The number of phenols is 1. The molecule has 1 aromatic heterocycles. The number of nitrogens with zero attached hydrogens (tertiary/aromatic N) is 4. The number of carbonyl (C=O) groups excluding carboxylic acids is 1. The first kappa shape index (κ1) is 26.6. The first-order valence-corrected chi connectivity index (χ1v) is 12.5. The van der Waals surface area contributed by atoms with Crippen molar-refractivity contribution in [2.24, 2.45) is 5.10 Å². The first-order chi connectivity index (χ1) is 18.4. The van der Waals surface area contributed by atoms with Gasteiger partial charge in [-0.3, -0.25) is 9.36 Å². The molecular weight excluding hydrogens is 506 g/mol. The molecule has 0 spiro atoms. The summed E-state index contributed by atoms with van der Waals surface area (Å²) in [6.07, 6.45) is 1.43. The van der Waals surface area contributed by atoms with Crippen LogP contribution in [0.1, 0.15) is 11.1 Å². The fourth-order valence-corrected chi connectivity index (χ4v) is 4.29. The molecule has 3 aromatic carbocycles. The number of rotatable bonds is 10. The molecule has 196 valence electrons. The van der Waals surface area contributed by atoms with Crippen LogP contribution in [0.4, 0.5) is 0 Å². The number of carbonyl (C=O) groups is 1. The lowest BCUT2D eigenvalue weighted by molar-refractivity contribution is -0.118. The molecule has 0 aliphatic rings. The van der Waals surface area contributed by atoms with Crippen molar-refractivity contribution >= 4 is 23.9 Å². The maximum absolute atomic E-state index is 12.5. The quantitative estimate of drug-likeness (QED) is 0.177. The number of phenolic OH excluding ortho intramolecular Hbond substituents is 1. The zero-order valence-corrected chi connectivity index (χ0v) is 22.2. The summed E-state index contributed by atoms with van der Waals surface area (Å²) in [5, 5.41) is 23.4. The lowest BCUT2D eigenvalue weighted by Crippen LogP contribution is -2.20. The summed E-state index contributed by atoms with van der Waals surface area (Å²) in [6, 6.07) is 18.7. The van der Waals surface area contributed by atoms with Crippen LogP contribution in [0.5, 0.6) is 23.0 Å². The van der Waals surface area contributed by atoms with Crippen molar-refractivity contribution in [1.82, 2.24) is 20.2 Å². The van der Waals surface area contributed by atoms with Gasteiger partial charge in [0.15, 0.2) is 22.5 Å². The Morgan fingerprint density at radius 3 is 2.26 bits per heavy atom. The fourth-order valence-electron chi connectivity index (χ4n) is 3.55. The summed E-state index contributed by atoms with van der Waals surface area (Å²) in [6.45, 7) is 2.02. The first-order valence-electron chi connectivity index (χ1n) is 11.5. The van der Waals surface area contributed by atoms with E-state index in [0.717, 1.165) is 22.6 Å². The van der Waals surface area contributed by atoms with Gasteiger partial charge < -0.3 is 19.3 Å².